The minimum atomic E-state index is -0.0967. The molecule has 154 valence electrons. The highest BCUT2D eigenvalue weighted by Gasteiger charge is 2.42. The molecule has 1 aliphatic carbocycles. The fourth-order valence-electron chi connectivity index (χ4n) is 4.83. The van der Waals surface area contributed by atoms with E-state index in [2.05, 4.69) is 33.3 Å². The Morgan fingerprint density at radius 2 is 1.80 bits per heavy atom. The Labute approximate surface area is 182 Å². The van der Waals surface area contributed by atoms with Crippen LogP contribution in [0.1, 0.15) is 61.5 Å². The average Bonchev–Trinajstić information content (AvgIpc) is 3.40. The Kier molecular flexibility index (Phi) is 5.17. The molecule has 1 saturated heterocycles. The average molecular weight is 419 g/mol. The largest absolute Gasteiger partial charge is 0.506 e. The summed E-state index contributed by atoms with van der Waals surface area (Å²) in [7, 11) is 0. The molecule has 2 aromatic heterocycles. The Morgan fingerprint density at radius 3 is 2.57 bits per heavy atom. The van der Waals surface area contributed by atoms with E-state index in [0.717, 1.165) is 5.69 Å². The summed E-state index contributed by atoms with van der Waals surface area (Å²) in [5.41, 5.74) is 2.82. The molecule has 2 aliphatic rings. The van der Waals surface area contributed by atoms with Gasteiger partial charge < -0.3 is 19.9 Å². The van der Waals surface area contributed by atoms with Gasteiger partial charge in [-0.2, -0.15) is 0 Å². The van der Waals surface area contributed by atoms with Gasteiger partial charge in [0.25, 0.3) is 0 Å². The Bertz CT molecular complexity index is 1030. The molecule has 5 rings (SSSR count). The monoisotopic (exact) mass is 418 g/mol. The van der Waals surface area contributed by atoms with Crippen LogP contribution in [0.25, 0.3) is 0 Å². The number of nitrogens with one attached hydrogen (secondary N) is 1. The van der Waals surface area contributed by atoms with Crippen molar-refractivity contribution in [1.29, 1.82) is 0 Å². The summed E-state index contributed by atoms with van der Waals surface area (Å²) in [6.45, 7) is 0. The van der Waals surface area contributed by atoms with Crippen molar-refractivity contribution in [2.24, 2.45) is 0 Å². The van der Waals surface area contributed by atoms with E-state index < -0.39 is 0 Å². The summed E-state index contributed by atoms with van der Waals surface area (Å²) in [6.07, 6.45) is 12.7. The number of benzene rings is 1. The van der Waals surface area contributed by atoms with Crippen molar-refractivity contribution in [2.75, 3.05) is 4.90 Å². The quantitative estimate of drug-likeness (QED) is 0.565. The van der Waals surface area contributed by atoms with Crippen LogP contribution >= 0.6 is 12.2 Å². The number of hydrogen-bond donors (Lipinski definition) is 2. The molecule has 3 aromatic rings. The maximum Gasteiger partial charge on any atom is 0.174 e. The molecule has 5 nitrogen and oxygen atoms in total. The number of anilines is 1. The zero-order valence-corrected chi connectivity index (χ0v) is 17.6. The highest BCUT2D eigenvalue weighted by atomic mass is 32.1. The van der Waals surface area contributed by atoms with E-state index in [1.165, 1.54) is 37.7 Å². The SMILES string of the molecule is Oc1ccccc1N1C(=S)N[C@@H](c2ccccn2)[C@@H]1c1ccn(C2CCCCC2)c1. The van der Waals surface area contributed by atoms with Gasteiger partial charge in [0, 0.05) is 24.6 Å². The molecule has 0 radical (unpaired) electrons. The van der Waals surface area contributed by atoms with E-state index in [1.54, 1.807) is 6.07 Å². The van der Waals surface area contributed by atoms with E-state index in [0.29, 0.717) is 16.8 Å². The minimum Gasteiger partial charge on any atom is -0.506 e. The number of thiocarbonyl (C=S) groups is 1. The van der Waals surface area contributed by atoms with Gasteiger partial charge in [-0.1, -0.05) is 37.5 Å². The fourth-order valence-corrected chi connectivity index (χ4v) is 5.17. The number of nitrogens with zero attached hydrogens (tertiary/aromatic N) is 3. The first-order chi connectivity index (χ1) is 14.7. The summed E-state index contributed by atoms with van der Waals surface area (Å²) >= 11 is 5.74. The lowest BCUT2D eigenvalue weighted by atomic mass is 9.95. The van der Waals surface area contributed by atoms with Crippen LogP contribution in [0, 0.1) is 0 Å². The first-order valence-corrected chi connectivity index (χ1v) is 11.1. The van der Waals surface area contributed by atoms with E-state index in [1.807, 2.05) is 47.5 Å². The molecule has 0 amide bonds. The maximum atomic E-state index is 10.6. The lowest BCUT2D eigenvalue weighted by Crippen LogP contribution is -2.29. The van der Waals surface area contributed by atoms with Crippen molar-refractivity contribution < 1.29 is 5.11 Å². The van der Waals surface area contributed by atoms with Crippen molar-refractivity contribution in [1.82, 2.24) is 14.9 Å². The zero-order valence-electron chi connectivity index (χ0n) is 16.8. The van der Waals surface area contributed by atoms with Crippen LogP contribution in [0.4, 0.5) is 5.69 Å². The summed E-state index contributed by atoms with van der Waals surface area (Å²) in [5, 5.41) is 14.6. The standard InChI is InChI=1S/C24H26N4OS/c29-21-12-5-4-11-20(21)28-23(22(26-24(28)30)19-10-6-7-14-25-19)17-13-15-27(16-17)18-8-2-1-3-9-18/h4-7,10-16,18,22-23,29H,1-3,8-9H2,(H,26,30)/t22-,23-/m0/s1. The van der Waals surface area contributed by atoms with Crippen molar-refractivity contribution >= 4 is 23.0 Å². The number of aromatic nitrogens is 2. The van der Waals surface area contributed by atoms with Crippen molar-refractivity contribution in [3.8, 4) is 5.75 Å². The number of rotatable bonds is 4. The van der Waals surface area contributed by atoms with E-state index in [4.69, 9.17) is 12.2 Å². The molecular weight excluding hydrogens is 392 g/mol. The van der Waals surface area contributed by atoms with Gasteiger partial charge in [0.2, 0.25) is 0 Å². The van der Waals surface area contributed by atoms with E-state index in [9.17, 15) is 5.11 Å². The third-order valence-corrected chi connectivity index (χ3v) is 6.63. The van der Waals surface area contributed by atoms with Gasteiger partial charge in [-0.05, 0) is 61.0 Å². The molecule has 0 spiro atoms. The summed E-state index contributed by atoms with van der Waals surface area (Å²) < 4.78 is 2.37. The van der Waals surface area contributed by atoms with E-state index >= 15 is 0 Å². The normalized spacial score (nSPS) is 22.3. The number of pyridine rings is 1. The minimum absolute atomic E-state index is 0.0921. The molecule has 6 heteroatoms. The second-order valence-electron chi connectivity index (χ2n) is 8.17. The fraction of sp³-hybridized carbons (Fsp3) is 0.333. The number of para-hydroxylation sites is 2. The number of aromatic hydroxyl groups is 1. The van der Waals surface area contributed by atoms with E-state index in [-0.39, 0.29) is 17.8 Å². The van der Waals surface area contributed by atoms with Crippen LogP contribution in [-0.4, -0.2) is 19.8 Å². The van der Waals surface area contributed by atoms with Crippen molar-refractivity contribution in [3.63, 3.8) is 0 Å². The maximum absolute atomic E-state index is 10.6. The van der Waals surface area contributed by atoms with Crippen LogP contribution in [0.5, 0.6) is 5.75 Å². The Balaban J connectivity index is 1.57. The summed E-state index contributed by atoms with van der Waals surface area (Å²) in [5.74, 6) is 0.222. The molecule has 2 atom stereocenters. The van der Waals surface area contributed by atoms with Crippen LogP contribution in [0.15, 0.2) is 67.1 Å². The van der Waals surface area contributed by atoms with Crippen molar-refractivity contribution in [3.05, 3.63) is 78.4 Å². The predicted octanol–water partition coefficient (Wildman–Crippen LogP) is 5.27. The van der Waals surface area contributed by atoms with Gasteiger partial charge in [-0.25, -0.2) is 0 Å². The molecule has 1 aromatic carbocycles. The highest BCUT2D eigenvalue weighted by Crippen LogP contribution is 2.44. The molecule has 0 bridgehead atoms. The smallest absolute Gasteiger partial charge is 0.174 e. The highest BCUT2D eigenvalue weighted by molar-refractivity contribution is 7.80. The molecule has 2 N–H and O–H groups in total. The molecule has 1 saturated carbocycles. The van der Waals surface area contributed by atoms with Gasteiger partial charge >= 0.3 is 0 Å². The Hall–Kier alpha value is -2.86. The van der Waals surface area contributed by atoms with Gasteiger partial charge in [0.1, 0.15) is 5.75 Å². The lowest BCUT2D eigenvalue weighted by Gasteiger charge is -2.28. The molecular formula is C24H26N4OS. The third kappa shape index (κ3) is 3.45. The summed E-state index contributed by atoms with van der Waals surface area (Å²) in [4.78, 5) is 6.63. The topological polar surface area (TPSA) is 53.3 Å². The molecule has 0 unspecified atom stereocenters. The molecule has 3 heterocycles. The number of phenolic OH excluding ortho intramolecular Hbond substituents is 1. The second-order valence-corrected chi connectivity index (χ2v) is 8.56. The number of phenols is 1. The van der Waals surface area contributed by atoms with Crippen LogP contribution < -0.4 is 10.2 Å². The molecule has 1 aliphatic heterocycles. The third-order valence-electron chi connectivity index (χ3n) is 6.31. The molecule has 2 fully saturated rings. The second kappa shape index (κ2) is 8.11. The molecule has 30 heavy (non-hydrogen) atoms. The first kappa shape index (κ1) is 19.1. The van der Waals surface area contributed by atoms with Crippen LogP contribution in [0.2, 0.25) is 0 Å². The van der Waals surface area contributed by atoms with Gasteiger partial charge in [-0.15, -0.1) is 0 Å². The van der Waals surface area contributed by atoms with Gasteiger partial charge in [0.05, 0.1) is 23.5 Å². The van der Waals surface area contributed by atoms with Crippen molar-refractivity contribution in [2.45, 2.75) is 50.2 Å². The lowest BCUT2D eigenvalue weighted by molar-refractivity contribution is 0.353. The van der Waals surface area contributed by atoms with Gasteiger partial charge in [-0.3, -0.25) is 4.98 Å². The van der Waals surface area contributed by atoms with Crippen LogP contribution in [0.3, 0.4) is 0 Å². The predicted molar refractivity (Wildman–Crippen MR) is 123 cm³/mol. The zero-order chi connectivity index (χ0) is 20.5. The van der Waals surface area contributed by atoms with Gasteiger partial charge in [0.15, 0.2) is 5.11 Å². The van der Waals surface area contributed by atoms with Crippen LogP contribution in [-0.2, 0) is 0 Å². The Morgan fingerprint density at radius 1 is 1.00 bits per heavy atom. The summed E-state index contributed by atoms with van der Waals surface area (Å²) in [6, 6.07) is 15.9. The first-order valence-electron chi connectivity index (χ1n) is 10.7. The number of hydrogen-bond acceptors (Lipinski definition) is 3.